The van der Waals surface area contributed by atoms with Crippen molar-refractivity contribution in [3.63, 3.8) is 0 Å². The van der Waals surface area contributed by atoms with E-state index in [-0.39, 0.29) is 12.1 Å². The minimum Gasteiger partial charge on any atom is -0.456 e. The second-order valence-corrected chi connectivity index (χ2v) is 8.56. The number of rotatable bonds is 2. The van der Waals surface area contributed by atoms with Crippen molar-refractivity contribution in [1.29, 1.82) is 0 Å². The molecule has 3 aliphatic heterocycles. The molecule has 24 heavy (non-hydrogen) atoms. The van der Waals surface area contributed by atoms with Gasteiger partial charge in [0.05, 0.1) is 12.0 Å². The van der Waals surface area contributed by atoms with Crippen molar-refractivity contribution in [2.75, 3.05) is 6.61 Å². The standard InChI is InChI=1S/C17H28O7/c1-15(2,3)14(18)21-11-10(9-8-19-16(4,5)22-9)20-13-12(11)23-17(6,7)24-13/h9-13H,8H2,1-7H3/t9-,10-,11+,12-,13-/m1/s1. The molecule has 0 bridgehead atoms. The molecule has 0 unspecified atom stereocenters. The zero-order valence-electron chi connectivity index (χ0n) is 15.5. The second-order valence-electron chi connectivity index (χ2n) is 8.56. The highest BCUT2D eigenvalue weighted by Gasteiger charge is 2.60. The average Bonchev–Trinajstić information content (AvgIpc) is 3.00. The van der Waals surface area contributed by atoms with Crippen LogP contribution < -0.4 is 0 Å². The van der Waals surface area contributed by atoms with Crippen LogP contribution in [0.2, 0.25) is 0 Å². The maximum atomic E-state index is 12.4. The Hall–Kier alpha value is -0.730. The fraction of sp³-hybridized carbons (Fsp3) is 0.941. The monoisotopic (exact) mass is 344 g/mol. The number of carbonyl (C=O) groups excluding carboxylic acids is 1. The number of esters is 1. The summed E-state index contributed by atoms with van der Waals surface area (Å²) in [4.78, 5) is 12.4. The normalized spacial score (nSPS) is 40.5. The van der Waals surface area contributed by atoms with Crippen LogP contribution in [0, 0.1) is 5.41 Å². The maximum absolute atomic E-state index is 12.4. The molecule has 3 saturated heterocycles. The largest absolute Gasteiger partial charge is 0.456 e. The quantitative estimate of drug-likeness (QED) is 0.709. The van der Waals surface area contributed by atoms with E-state index < -0.39 is 41.6 Å². The van der Waals surface area contributed by atoms with Gasteiger partial charge in [0.25, 0.3) is 0 Å². The highest BCUT2D eigenvalue weighted by atomic mass is 16.8. The summed E-state index contributed by atoms with van der Waals surface area (Å²) in [6, 6.07) is 0. The third-order valence-corrected chi connectivity index (χ3v) is 4.28. The van der Waals surface area contributed by atoms with Gasteiger partial charge in [-0.25, -0.2) is 0 Å². The van der Waals surface area contributed by atoms with Gasteiger partial charge < -0.3 is 28.4 Å². The molecule has 0 spiro atoms. The van der Waals surface area contributed by atoms with E-state index >= 15 is 0 Å². The molecular formula is C17H28O7. The van der Waals surface area contributed by atoms with Crippen molar-refractivity contribution in [1.82, 2.24) is 0 Å². The second kappa shape index (κ2) is 5.64. The van der Waals surface area contributed by atoms with Gasteiger partial charge in [-0.15, -0.1) is 0 Å². The molecule has 0 aromatic carbocycles. The molecule has 0 amide bonds. The van der Waals surface area contributed by atoms with Crippen LogP contribution >= 0.6 is 0 Å². The Labute approximate surface area is 142 Å². The molecule has 7 heteroatoms. The number of carbonyl (C=O) groups is 1. The Morgan fingerprint density at radius 2 is 1.67 bits per heavy atom. The van der Waals surface area contributed by atoms with E-state index in [0.717, 1.165) is 0 Å². The molecule has 3 fully saturated rings. The highest BCUT2D eigenvalue weighted by molar-refractivity contribution is 5.75. The molecule has 0 radical (unpaired) electrons. The highest BCUT2D eigenvalue weighted by Crippen LogP contribution is 2.42. The summed E-state index contributed by atoms with van der Waals surface area (Å²) in [5.74, 6) is -1.78. The molecule has 7 nitrogen and oxygen atoms in total. The van der Waals surface area contributed by atoms with Crippen LogP contribution in [-0.2, 0) is 33.2 Å². The van der Waals surface area contributed by atoms with Crippen molar-refractivity contribution in [2.45, 2.75) is 90.7 Å². The predicted molar refractivity (Wildman–Crippen MR) is 82.9 cm³/mol. The number of hydrogen-bond acceptors (Lipinski definition) is 7. The first-order chi connectivity index (χ1) is 10.9. The van der Waals surface area contributed by atoms with Crippen molar-refractivity contribution in [3.8, 4) is 0 Å². The van der Waals surface area contributed by atoms with E-state index in [0.29, 0.717) is 6.61 Å². The molecule has 0 N–H and O–H groups in total. The molecule has 0 aliphatic carbocycles. The van der Waals surface area contributed by atoms with Crippen molar-refractivity contribution < 1.29 is 33.2 Å². The van der Waals surface area contributed by atoms with Crippen LogP contribution in [0.5, 0.6) is 0 Å². The van der Waals surface area contributed by atoms with E-state index in [2.05, 4.69) is 0 Å². The molecule has 0 aromatic rings. The third-order valence-electron chi connectivity index (χ3n) is 4.28. The van der Waals surface area contributed by atoms with Gasteiger partial charge >= 0.3 is 5.97 Å². The SMILES string of the molecule is CC1(C)O[C@H]2O[C@H]([C@H]3COC(C)(C)O3)[C@H](OC(=O)C(C)(C)C)[C@H]2O1. The maximum Gasteiger partial charge on any atom is 0.311 e. The summed E-state index contributed by atoms with van der Waals surface area (Å²) in [5, 5.41) is 0. The Kier molecular flexibility index (Phi) is 4.25. The molecule has 138 valence electrons. The third kappa shape index (κ3) is 3.46. The molecule has 3 heterocycles. The fourth-order valence-corrected chi connectivity index (χ4v) is 3.12. The Morgan fingerprint density at radius 3 is 2.21 bits per heavy atom. The lowest BCUT2D eigenvalue weighted by Crippen LogP contribution is -2.46. The Morgan fingerprint density at radius 1 is 1.00 bits per heavy atom. The molecule has 3 rings (SSSR count). The summed E-state index contributed by atoms with van der Waals surface area (Å²) < 4.78 is 35.0. The van der Waals surface area contributed by atoms with Crippen molar-refractivity contribution >= 4 is 5.97 Å². The number of hydrogen-bond donors (Lipinski definition) is 0. The van der Waals surface area contributed by atoms with E-state index in [1.165, 1.54) is 0 Å². The average molecular weight is 344 g/mol. The van der Waals surface area contributed by atoms with Gasteiger partial charge in [0.1, 0.15) is 12.2 Å². The van der Waals surface area contributed by atoms with Crippen molar-refractivity contribution in [2.24, 2.45) is 5.41 Å². The number of fused-ring (bicyclic) bond motifs is 1. The van der Waals surface area contributed by atoms with Gasteiger partial charge in [-0.2, -0.15) is 0 Å². The molecule has 0 saturated carbocycles. The Balaban J connectivity index is 1.79. The minimum atomic E-state index is -0.779. The minimum absolute atomic E-state index is 0.312. The van der Waals surface area contributed by atoms with Gasteiger partial charge in [-0.1, -0.05) is 0 Å². The molecule has 3 aliphatic rings. The van der Waals surface area contributed by atoms with E-state index in [1.54, 1.807) is 0 Å². The molecule has 5 atom stereocenters. The zero-order chi connectivity index (χ0) is 17.9. The molecule has 0 aromatic heterocycles. The molecular weight excluding hydrogens is 316 g/mol. The van der Waals surface area contributed by atoms with E-state index in [9.17, 15) is 4.79 Å². The van der Waals surface area contributed by atoms with Crippen LogP contribution in [0.25, 0.3) is 0 Å². The van der Waals surface area contributed by atoms with Gasteiger partial charge in [-0.3, -0.25) is 4.79 Å². The van der Waals surface area contributed by atoms with Crippen LogP contribution in [-0.4, -0.2) is 54.9 Å². The topological polar surface area (TPSA) is 72.5 Å². The van der Waals surface area contributed by atoms with E-state index in [4.69, 9.17) is 28.4 Å². The van der Waals surface area contributed by atoms with Crippen LogP contribution in [0.1, 0.15) is 48.5 Å². The summed E-state index contributed by atoms with van der Waals surface area (Å²) in [7, 11) is 0. The first-order valence-electron chi connectivity index (χ1n) is 8.42. The summed E-state index contributed by atoms with van der Waals surface area (Å²) >= 11 is 0. The summed E-state index contributed by atoms with van der Waals surface area (Å²) in [6.45, 7) is 13.1. The van der Waals surface area contributed by atoms with E-state index in [1.807, 2.05) is 48.5 Å². The Bertz CT molecular complexity index is 508. The fourth-order valence-electron chi connectivity index (χ4n) is 3.12. The first kappa shape index (κ1) is 18.1. The lowest BCUT2D eigenvalue weighted by Gasteiger charge is -2.30. The van der Waals surface area contributed by atoms with Gasteiger partial charge in [0.15, 0.2) is 30.1 Å². The van der Waals surface area contributed by atoms with Crippen LogP contribution in [0.4, 0.5) is 0 Å². The first-order valence-corrected chi connectivity index (χ1v) is 8.42. The smallest absolute Gasteiger partial charge is 0.311 e. The summed E-state index contributed by atoms with van der Waals surface area (Å²) in [6.07, 6.45) is -2.52. The number of ether oxygens (including phenoxy) is 6. The lowest BCUT2D eigenvalue weighted by molar-refractivity contribution is -0.236. The van der Waals surface area contributed by atoms with Gasteiger partial charge in [0.2, 0.25) is 0 Å². The predicted octanol–water partition coefficient (Wildman–Crippen LogP) is 1.97. The lowest BCUT2D eigenvalue weighted by atomic mass is 9.96. The van der Waals surface area contributed by atoms with Crippen LogP contribution in [0.15, 0.2) is 0 Å². The van der Waals surface area contributed by atoms with Crippen molar-refractivity contribution in [3.05, 3.63) is 0 Å². The van der Waals surface area contributed by atoms with Gasteiger partial charge in [0, 0.05) is 0 Å². The van der Waals surface area contributed by atoms with Gasteiger partial charge in [-0.05, 0) is 48.5 Å². The van der Waals surface area contributed by atoms with Crippen LogP contribution in [0.3, 0.4) is 0 Å². The zero-order valence-corrected chi connectivity index (χ0v) is 15.5. The summed E-state index contributed by atoms with van der Waals surface area (Å²) in [5.41, 5.74) is -0.621.